The van der Waals surface area contributed by atoms with E-state index in [1.54, 1.807) is 23.7 Å². The third kappa shape index (κ3) is 2.54. The zero-order chi connectivity index (χ0) is 14.1. The average Bonchev–Trinajstić information content (AvgIpc) is 2.85. The van der Waals surface area contributed by atoms with Crippen molar-refractivity contribution in [3.8, 4) is 0 Å². The molecule has 0 unspecified atom stereocenters. The lowest BCUT2D eigenvalue weighted by Gasteiger charge is -2.07. The van der Waals surface area contributed by atoms with Crippen LogP contribution in [0.1, 0.15) is 10.5 Å². The number of hydrogen-bond donors (Lipinski definition) is 1. The van der Waals surface area contributed by atoms with E-state index in [4.69, 9.17) is 0 Å². The number of benzene rings is 1. The fourth-order valence-electron chi connectivity index (χ4n) is 1.79. The number of nitrogens with one attached hydrogen (secondary N) is 1. The molecule has 100 valence electrons. The maximum absolute atomic E-state index is 13.6. The SMILES string of the molecule is O=C(Nc1cc(F)cc2cccnc12)c1csc(Br)n1. The molecule has 0 aliphatic heterocycles. The van der Waals surface area contributed by atoms with Crippen LogP contribution in [0, 0.1) is 5.82 Å². The molecule has 2 heterocycles. The molecule has 0 fully saturated rings. The minimum Gasteiger partial charge on any atom is -0.319 e. The molecule has 20 heavy (non-hydrogen) atoms. The van der Waals surface area contributed by atoms with E-state index in [1.807, 2.05) is 0 Å². The summed E-state index contributed by atoms with van der Waals surface area (Å²) in [6.45, 7) is 0. The van der Waals surface area contributed by atoms with Gasteiger partial charge in [-0.15, -0.1) is 11.3 Å². The summed E-state index contributed by atoms with van der Waals surface area (Å²) in [6, 6.07) is 6.07. The Balaban J connectivity index is 2.00. The second-order valence-corrected chi connectivity index (χ2v) is 6.10. The third-order valence-corrected chi connectivity index (χ3v) is 3.99. The van der Waals surface area contributed by atoms with Crippen molar-refractivity contribution in [1.29, 1.82) is 0 Å². The number of hydrogen-bond acceptors (Lipinski definition) is 4. The van der Waals surface area contributed by atoms with Gasteiger partial charge in [-0.05, 0) is 34.1 Å². The van der Waals surface area contributed by atoms with Gasteiger partial charge >= 0.3 is 0 Å². The average molecular weight is 352 g/mol. The van der Waals surface area contributed by atoms with Gasteiger partial charge in [-0.1, -0.05) is 6.07 Å². The van der Waals surface area contributed by atoms with E-state index in [0.717, 1.165) is 0 Å². The lowest BCUT2D eigenvalue weighted by molar-refractivity contribution is 0.102. The Hall–Kier alpha value is -1.86. The molecular formula is C13H7BrFN3OS. The Morgan fingerprint density at radius 1 is 1.40 bits per heavy atom. The molecule has 3 aromatic rings. The van der Waals surface area contributed by atoms with Crippen LogP contribution in [0.15, 0.2) is 39.8 Å². The zero-order valence-electron chi connectivity index (χ0n) is 9.93. The smallest absolute Gasteiger partial charge is 0.275 e. The van der Waals surface area contributed by atoms with E-state index >= 15 is 0 Å². The van der Waals surface area contributed by atoms with Gasteiger partial charge in [0.15, 0.2) is 3.92 Å². The van der Waals surface area contributed by atoms with Crippen molar-refractivity contribution < 1.29 is 9.18 Å². The highest BCUT2D eigenvalue weighted by Crippen LogP contribution is 2.24. The molecule has 7 heteroatoms. The molecule has 0 aliphatic carbocycles. The number of nitrogens with zero attached hydrogens (tertiary/aromatic N) is 2. The highest BCUT2D eigenvalue weighted by Gasteiger charge is 2.13. The van der Waals surface area contributed by atoms with Crippen LogP contribution in [0.2, 0.25) is 0 Å². The fraction of sp³-hybridized carbons (Fsp3) is 0. The summed E-state index contributed by atoms with van der Waals surface area (Å²) in [6.07, 6.45) is 1.59. The van der Waals surface area contributed by atoms with E-state index in [2.05, 4.69) is 31.2 Å². The summed E-state index contributed by atoms with van der Waals surface area (Å²) in [5.41, 5.74) is 1.14. The van der Waals surface area contributed by atoms with Crippen LogP contribution in [0.4, 0.5) is 10.1 Å². The second-order valence-electron chi connectivity index (χ2n) is 3.97. The minimum absolute atomic E-state index is 0.273. The van der Waals surface area contributed by atoms with Gasteiger partial charge in [-0.2, -0.15) is 0 Å². The number of anilines is 1. The number of pyridine rings is 1. The number of rotatable bonds is 2. The Labute approximate surface area is 125 Å². The maximum Gasteiger partial charge on any atom is 0.275 e. The summed E-state index contributed by atoms with van der Waals surface area (Å²) < 4.78 is 14.2. The minimum atomic E-state index is -0.430. The number of amides is 1. The van der Waals surface area contributed by atoms with Crippen molar-refractivity contribution in [2.75, 3.05) is 5.32 Å². The fourth-order valence-corrected chi connectivity index (χ4v) is 2.78. The Morgan fingerprint density at radius 2 is 2.25 bits per heavy atom. The second kappa shape index (κ2) is 5.26. The van der Waals surface area contributed by atoms with Gasteiger partial charge in [0, 0.05) is 17.0 Å². The van der Waals surface area contributed by atoms with Gasteiger partial charge in [-0.3, -0.25) is 9.78 Å². The Bertz CT molecular complexity index is 805. The van der Waals surface area contributed by atoms with Crippen molar-refractivity contribution in [3.63, 3.8) is 0 Å². The first-order valence-electron chi connectivity index (χ1n) is 5.60. The van der Waals surface area contributed by atoms with Crippen molar-refractivity contribution in [3.05, 3.63) is 51.3 Å². The van der Waals surface area contributed by atoms with E-state index < -0.39 is 11.7 Å². The summed E-state index contributed by atoms with van der Waals surface area (Å²) in [7, 11) is 0. The number of aromatic nitrogens is 2. The molecule has 0 spiro atoms. The monoisotopic (exact) mass is 351 g/mol. The molecule has 0 saturated carbocycles. The van der Waals surface area contributed by atoms with Gasteiger partial charge in [0.1, 0.15) is 11.5 Å². The van der Waals surface area contributed by atoms with Crippen molar-refractivity contribution >= 4 is 49.8 Å². The van der Waals surface area contributed by atoms with Crippen LogP contribution in [0.25, 0.3) is 10.9 Å². The predicted octanol–water partition coefficient (Wildman–Crippen LogP) is 3.85. The van der Waals surface area contributed by atoms with E-state index in [1.165, 1.54) is 23.5 Å². The van der Waals surface area contributed by atoms with E-state index in [9.17, 15) is 9.18 Å². The number of halogens is 2. The molecule has 0 atom stereocenters. The van der Waals surface area contributed by atoms with Gasteiger partial charge in [0.2, 0.25) is 0 Å². The third-order valence-electron chi connectivity index (χ3n) is 2.63. The van der Waals surface area contributed by atoms with Gasteiger partial charge in [0.25, 0.3) is 5.91 Å². The highest BCUT2D eigenvalue weighted by molar-refractivity contribution is 9.11. The van der Waals surface area contributed by atoms with E-state index in [-0.39, 0.29) is 5.69 Å². The van der Waals surface area contributed by atoms with Gasteiger partial charge in [0.05, 0.1) is 11.2 Å². The van der Waals surface area contributed by atoms with Crippen LogP contribution in [0.5, 0.6) is 0 Å². The summed E-state index contributed by atoms with van der Waals surface area (Å²) in [5, 5.41) is 4.88. The van der Waals surface area contributed by atoms with Crippen LogP contribution >= 0.6 is 27.3 Å². The quantitative estimate of drug-likeness (QED) is 0.762. The molecule has 2 aromatic heterocycles. The first-order chi connectivity index (χ1) is 9.63. The molecule has 1 aromatic carbocycles. The summed E-state index contributed by atoms with van der Waals surface area (Å²) in [4.78, 5) is 20.2. The first kappa shape index (κ1) is 13.1. The maximum atomic E-state index is 13.6. The van der Waals surface area contributed by atoms with Crippen LogP contribution in [-0.2, 0) is 0 Å². The summed E-state index contributed by atoms with van der Waals surface area (Å²) >= 11 is 4.50. The zero-order valence-corrected chi connectivity index (χ0v) is 12.3. The normalized spacial score (nSPS) is 10.7. The summed E-state index contributed by atoms with van der Waals surface area (Å²) in [5.74, 6) is -0.829. The highest BCUT2D eigenvalue weighted by atomic mass is 79.9. The first-order valence-corrected chi connectivity index (χ1v) is 7.27. The largest absolute Gasteiger partial charge is 0.319 e. The molecule has 4 nitrogen and oxygen atoms in total. The topological polar surface area (TPSA) is 54.9 Å². The molecule has 0 aliphatic rings. The number of thiazole rings is 1. The lowest BCUT2D eigenvalue weighted by Crippen LogP contribution is -2.13. The molecule has 1 N–H and O–H groups in total. The Kier molecular flexibility index (Phi) is 3.45. The van der Waals surface area contributed by atoms with Crippen molar-refractivity contribution in [2.24, 2.45) is 0 Å². The van der Waals surface area contributed by atoms with Gasteiger partial charge in [-0.25, -0.2) is 9.37 Å². The Morgan fingerprint density at radius 3 is 3.00 bits per heavy atom. The van der Waals surface area contributed by atoms with Crippen LogP contribution in [0.3, 0.4) is 0 Å². The van der Waals surface area contributed by atoms with Gasteiger partial charge < -0.3 is 5.32 Å². The molecule has 3 rings (SSSR count). The van der Waals surface area contributed by atoms with Crippen molar-refractivity contribution in [1.82, 2.24) is 9.97 Å². The number of carbonyl (C=O) groups excluding carboxylic acids is 1. The number of carbonyl (C=O) groups is 1. The lowest BCUT2D eigenvalue weighted by atomic mass is 10.2. The molecule has 0 bridgehead atoms. The van der Waals surface area contributed by atoms with E-state index in [0.29, 0.717) is 20.5 Å². The molecule has 1 amide bonds. The number of fused-ring (bicyclic) bond motifs is 1. The van der Waals surface area contributed by atoms with Crippen LogP contribution in [-0.4, -0.2) is 15.9 Å². The molecular weight excluding hydrogens is 345 g/mol. The predicted molar refractivity (Wildman–Crippen MR) is 79.5 cm³/mol. The molecule has 0 saturated heterocycles. The van der Waals surface area contributed by atoms with Crippen LogP contribution < -0.4 is 5.32 Å². The molecule has 0 radical (unpaired) electrons. The standard InChI is InChI=1S/C13H7BrFN3OS/c14-13-18-10(6-20-13)12(19)17-9-5-8(15)4-7-2-1-3-16-11(7)9/h1-6H,(H,17,19). The van der Waals surface area contributed by atoms with Crippen molar-refractivity contribution in [2.45, 2.75) is 0 Å².